The Labute approximate surface area is 113 Å². The maximum absolute atomic E-state index is 6.21. The van der Waals surface area contributed by atoms with E-state index in [9.17, 15) is 0 Å². The van der Waals surface area contributed by atoms with Crippen molar-refractivity contribution in [1.82, 2.24) is 9.97 Å². The van der Waals surface area contributed by atoms with Crippen molar-refractivity contribution in [2.75, 3.05) is 24.6 Å². The van der Waals surface area contributed by atoms with E-state index >= 15 is 0 Å². The molecule has 100 valence electrons. The van der Waals surface area contributed by atoms with Crippen LogP contribution in [-0.2, 0) is 4.74 Å². The molecule has 0 saturated carbocycles. The van der Waals surface area contributed by atoms with Gasteiger partial charge in [0.15, 0.2) is 0 Å². The van der Waals surface area contributed by atoms with E-state index in [4.69, 9.17) is 16.3 Å². The molecule has 1 unspecified atom stereocenters. The van der Waals surface area contributed by atoms with Crippen LogP contribution in [-0.4, -0.2) is 35.8 Å². The molecule has 0 aromatic carbocycles. The molecule has 1 fully saturated rings. The molecule has 4 nitrogen and oxygen atoms in total. The molecule has 18 heavy (non-hydrogen) atoms. The maximum atomic E-state index is 6.21. The predicted octanol–water partition coefficient (Wildman–Crippen LogP) is 2.87. The predicted molar refractivity (Wildman–Crippen MR) is 73.4 cm³/mol. The first-order valence-corrected chi connectivity index (χ1v) is 6.84. The van der Waals surface area contributed by atoms with E-state index < -0.39 is 0 Å². The second-order valence-electron chi connectivity index (χ2n) is 5.04. The highest BCUT2D eigenvalue weighted by Crippen LogP contribution is 2.31. The van der Waals surface area contributed by atoms with Gasteiger partial charge < -0.3 is 9.64 Å². The molecule has 1 aromatic heterocycles. The van der Waals surface area contributed by atoms with E-state index in [1.54, 1.807) is 6.33 Å². The Morgan fingerprint density at radius 3 is 2.94 bits per heavy atom. The van der Waals surface area contributed by atoms with Crippen LogP contribution in [0.5, 0.6) is 0 Å². The van der Waals surface area contributed by atoms with Gasteiger partial charge in [0, 0.05) is 25.3 Å². The molecular weight excluding hydrogens is 250 g/mol. The standard InChI is InChI=1S/C13H20ClN3O/c1-9(2)11-12(14)15-8-16-13(11)17-5-4-6-18-10(3)7-17/h8-10H,4-7H2,1-3H3. The molecule has 0 bridgehead atoms. The normalized spacial score (nSPS) is 21.2. The lowest BCUT2D eigenvalue weighted by Gasteiger charge is -2.26. The van der Waals surface area contributed by atoms with E-state index in [1.165, 1.54) is 0 Å². The van der Waals surface area contributed by atoms with E-state index in [0.29, 0.717) is 11.1 Å². The fourth-order valence-electron chi connectivity index (χ4n) is 2.30. The number of anilines is 1. The average molecular weight is 270 g/mol. The zero-order chi connectivity index (χ0) is 13.1. The Morgan fingerprint density at radius 2 is 2.22 bits per heavy atom. The summed E-state index contributed by atoms with van der Waals surface area (Å²) in [5.41, 5.74) is 1.04. The fraction of sp³-hybridized carbons (Fsp3) is 0.692. The molecule has 2 heterocycles. The molecular formula is C13H20ClN3O. The minimum atomic E-state index is 0.223. The number of hydrogen-bond donors (Lipinski definition) is 0. The van der Waals surface area contributed by atoms with Gasteiger partial charge in [-0.05, 0) is 19.3 Å². The van der Waals surface area contributed by atoms with Crippen LogP contribution in [0.3, 0.4) is 0 Å². The summed E-state index contributed by atoms with van der Waals surface area (Å²) in [6.07, 6.45) is 2.78. The third-order valence-electron chi connectivity index (χ3n) is 3.14. The Hall–Kier alpha value is -0.870. The number of nitrogens with zero attached hydrogens (tertiary/aromatic N) is 3. The zero-order valence-electron chi connectivity index (χ0n) is 11.2. The second-order valence-corrected chi connectivity index (χ2v) is 5.40. The van der Waals surface area contributed by atoms with Crippen molar-refractivity contribution in [3.63, 3.8) is 0 Å². The lowest BCUT2D eigenvalue weighted by atomic mass is 10.1. The fourth-order valence-corrected chi connectivity index (χ4v) is 2.65. The van der Waals surface area contributed by atoms with Crippen LogP contribution in [0, 0.1) is 0 Å². The van der Waals surface area contributed by atoms with Crippen LogP contribution < -0.4 is 4.90 Å². The first-order chi connectivity index (χ1) is 8.59. The van der Waals surface area contributed by atoms with Crippen molar-refractivity contribution in [2.24, 2.45) is 0 Å². The van der Waals surface area contributed by atoms with Gasteiger partial charge in [-0.15, -0.1) is 0 Å². The van der Waals surface area contributed by atoms with E-state index in [-0.39, 0.29) is 6.10 Å². The molecule has 2 rings (SSSR count). The summed E-state index contributed by atoms with van der Waals surface area (Å²) in [5.74, 6) is 1.27. The van der Waals surface area contributed by atoms with Gasteiger partial charge in [0.05, 0.1) is 6.10 Å². The monoisotopic (exact) mass is 269 g/mol. The quantitative estimate of drug-likeness (QED) is 0.774. The van der Waals surface area contributed by atoms with Crippen LogP contribution in [0.25, 0.3) is 0 Å². The molecule has 0 amide bonds. The summed E-state index contributed by atoms with van der Waals surface area (Å²) in [5, 5.41) is 0.563. The van der Waals surface area contributed by atoms with Gasteiger partial charge in [0.2, 0.25) is 0 Å². The van der Waals surface area contributed by atoms with Crippen molar-refractivity contribution >= 4 is 17.4 Å². The minimum absolute atomic E-state index is 0.223. The maximum Gasteiger partial charge on any atom is 0.138 e. The second kappa shape index (κ2) is 5.85. The van der Waals surface area contributed by atoms with E-state index in [1.807, 2.05) is 0 Å². The largest absolute Gasteiger partial charge is 0.377 e. The topological polar surface area (TPSA) is 38.2 Å². The minimum Gasteiger partial charge on any atom is -0.377 e. The number of halogens is 1. The first kappa shape index (κ1) is 13.6. The van der Waals surface area contributed by atoms with Crippen LogP contribution in [0.4, 0.5) is 5.82 Å². The molecule has 0 radical (unpaired) electrons. The molecule has 1 aliphatic rings. The van der Waals surface area contributed by atoms with Gasteiger partial charge in [-0.2, -0.15) is 0 Å². The summed E-state index contributed by atoms with van der Waals surface area (Å²) in [6, 6.07) is 0. The van der Waals surface area contributed by atoms with Crippen molar-refractivity contribution in [2.45, 2.75) is 39.2 Å². The van der Waals surface area contributed by atoms with Gasteiger partial charge in [0.25, 0.3) is 0 Å². The molecule has 1 aromatic rings. The average Bonchev–Trinajstić information content (AvgIpc) is 2.53. The summed E-state index contributed by atoms with van der Waals surface area (Å²) < 4.78 is 5.67. The van der Waals surface area contributed by atoms with Gasteiger partial charge in [-0.3, -0.25) is 0 Å². The van der Waals surface area contributed by atoms with E-state index in [2.05, 4.69) is 35.6 Å². The Kier molecular flexibility index (Phi) is 4.40. The SMILES string of the molecule is CC1CN(c2ncnc(Cl)c2C(C)C)CCCO1. The number of aromatic nitrogens is 2. The summed E-state index contributed by atoms with van der Waals surface area (Å²) in [6.45, 7) is 8.95. The third kappa shape index (κ3) is 2.93. The first-order valence-electron chi connectivity index (χ1n) is 6.46. The van der Waals surface area contributed by atoms with Crippen LogP contribution in [0.15, 0.2) is 6.33 Å². The Balaban J connectivity index is 2.34. The van der Waals surface area contributed by atoms with Crippen molar-refractivity contribution < 1.29 is 4.74 Å². The highest BCUT2D eigenvalue weighted by Gasteiger charge is 2.22. The van der Waals surface area contributed by atoms with Crippen LogP contribution in [0.1, 0.15) is 38.7 Å². The van der Waals surface area contributed by atoms with E-state index in [0.717, 1.165) is 37.5 Å². The summed E-state index contributed by atoms with van der Waals surface area (Å²) >= 11 is 6.21. The third-order valence-corrected chi connectivity index (χ3v) is 3.44. The molecule has 1 atom stereocenters. The van der Waals surface area contributed by atoms with Gasteiger partial charge >= 0.3 is 0 Å². The summed E-state index contributed by atoms with van der Waals surface area (Å²) in [4.78, 5) is 10.8. The smallest absolute Gasteiger partial charge is 0.138 e. The number of rotatable bonds is 2. The Bertz CT molecular complexity index is 411. The molecule has 1 aliphatic heterocycles. The van der Waals surface area contributed by atoms with Crippen molar-refractivity contribution in [1.29, 1.82) is 0 Å². The van der Waals surface area contributed by atoms with Crippen molar-refractivity contribution in [3.05, 3.63) is 17.0 Å². The molecule has 5 heteroatoms. The molecule has 0 spiro atoms. The highest BCUT2D eigenvalue weighted by atomic mass is 35.5. The van der Waals surface area contributed by atoms with Crippen LogP contribution in [0.2, 0.25) is 5.15 Å². The lowest BCUT2D eigenvalue weighted by Crippen LogP contribution is -2.32. The van der Waals surface area contributed by atoms with Crippen molar-refractivity contribution in [3.8, 4) is 0 Å². The lowest BCUT2D eigenvalue weighted by molar-refractivity contribution is 0.0820. The number of hydrogen-bond acceptors (Lipinski definition) is 4. The highest BCUT2D eigenvalue weighted by molar-refractivity contribution is 6.30. The van der Waals surface area contributed by atoms with Gasteiger partial charge in [-0.25, -0.2) is 9.97 Å². The summed E-state index contributed by atoms with van der Waals surface area (Å²) in [7, 11) is 0. The zero-order valence-corrected chi connectivity index (χ0v) is 11.9. The van der Waals surface area contributed by atoms with Crippen LogP contribution >= 0.6 is 11.6 Å². The molecule has 0 N–H and O–H groups in total. The Morgan fingerprint density at radius 1 is 1.44 bits per heavy atom. The molecule has 1 saturated heterocycles. The molecule has 0 aliphatic carbocycles. The van der Waals surface area contributed by atoms with Gasteiger partial charge in [-0.1, -0.05) is 25.4 Å². The number of ether oxygens (including phenoxy) is 1. The van der Waals surface area contributed by atoms with Gasteiger partial charge in [0.1, 0.15) is 17.3 Å².